The zero-order valence-electron chi connectivity index (χ0n) is 13.2. The molecule has 0 saturated heterocycles. The van der Waals surface area contributed by atoms with Gasteiger partial charge in [0.25, 0.3) is 0 Å². The lowest BCUT2D eigenvalue weighted by molar-refractivity contribution is 0.0910. The lowest BCUT2D eigenvalue weighted by Gasteiger charge is -2.17. The van der Waals surface area contributed by atoms with E-state index in [9.17, 15) is 9.90 Å². The molecule has 0 aliphatic carbocycles. The van der Waals surface area contributed by atoms with Gasteiger partial charge in [0.15, 0.2) is 5.78 Å². The zero-order chi connectivity index (χ0) is 17.4. The van der Waals surface area contributed by atoms with E-state index in [1.807, 2.05) is 89.4 Å². The quantitative estimate of drug-likeness (QED) is 0.324. The summed E-state index contributed by atoms with van der Waals surface area (Å²) in [7, 11) is 0. The molecule has 5 heteroatoms. The van der Waals surface area contributed by atoms with Crippen LogP contribution in [0.25, 0.3) is 11.0 Å². The minimum absolute atomic E-state index is 0.0333. The Kier molecular flexibility index (Phi) is 5.19. The van der Waals surface area contributed by atoms with E-state index >= 15 is 0 Å². The standard InChI is InChI=1S/C19H16I2O3/c1-10(17-9-12-5-3-4-6-16(12)24-17)11(2)18(22)13-7-14(20)19(23)15(21)8-13/h3-11,23H,1-2H3/t10-,11+/m1/s1. The number of furan rings is 1. The van der Waals surface area contributed by atoms with Crippen LogP contribution in [0.15, 0.2) is 46.9 Å². The molecule has 0 saturated carbocycles. The molecule has 0 radical (unpaired) electrons. The second kappa shape index (κ2) is 7.03. The molecule has 0 bridgehead atoms. The molecule has 24 heavy (non-hydrogen) atoms. The van der Waals surface area contributed by atoms with Gasteiger partial charge in [-0.3, -0.25) is 4.79 Å². The number of halogens is 2. The molecule has 0 aliphatic rings. The highest BCUT2D eigenvalue weighted by atomic mass is 127. The number of Topliss-reactive ketones (excluding diaryl/α,β-unsaturated/α-hetero) is 1. The molecule has 0 spiro atoms. The second-order valence-electron chi connectivity index (χ2n) is 5.92. The first-order chi connectivity index (χ1) is 11.4. The number of rotatable bonds is 4. The SMILES string of the molecule is C[C@H](C(=O)c1cc(I)c(O)c(I)c1)[C@@H](C)c1cc2ccccc2o1. The third-order valence-corrected chi connectivity index (χ3v) is 6.00. The number of phenolic OH excluding ortho intramolecular Hbond substituents is 1. The van der Waals surface area contributed by atoms with E-state index in [1.165, 1.54) is 0 Å². The van der Waals surface area contributed by atoms with Crippen LogP contribution in [0.5, 0.6) is 5.75 Å². The Bertz CT molecular complexity index is 858. The number of phenols is 1. The van der Waals surface area contributed by atoms with Crippen LogP contribution in [0, 0.1) is 13.1 Å². The van der Waals surface area contributed by atoms with Crippen molar-refractivity contribution in [2.24, 2.45) is 5.92 Å². The van der Waals surface area contributed by atoms with Crippen molar-refractivity contribution in [2.45, 2.75) is 19.8 Å². The average molecular weight is 546 g/mol. The Morgan fingerprint density at radius 3 is 2.33 bits per heavy atom. The molecule has 124 valence electrons. The third-order valence-electron chi connectivity index (χ3n) is 4.36. The van der Waals surface area contributed by atoms with Crippen LogP contribution in [0.4, 0.5) is 0 Å². The highest BCUT2D eigenvalue weighted by Gasteiger charge is 2.26. The summed E-state index contributed by atoms with van der Waals surface area (Å²) < 4.78 is 7.28. The zero-order valence-corrected chi connectivity index (χ0v) is 17.5. The van der Waals surface area contributed by atoms with E-state index in [-0.39, 0.29) is 23.4 Å². The van der Waals surface area contributed by atoms with Crippen LogP contribution in [-0.4, -0.2) is 10.9 Å². The summed E-state index contributed by atoms with van der Waals surface area (Å²) in [5.41, 5.74) is 1.46. The minimum Gasteiger partial charge on any atom is -0.506 e. The topological polar surface area (TPSA) is 50.4 Å². The molecule has 0 fully saturated rings. The van der Waals surface area contributed by atoms with Crippen molar-refractivity contribution < 1.29 is 14.3 Å². The molecule has 0 amide bonds. The van der Waals surface area contributed by atoms with Gasteiger partial charge in [0.1, 0.15) is 17.1 Å². The van der Waals surface area contributed by atoms with Gasteiger partial charge in [-0.1, -0.05) is 32.0 Å². The van der Waals surface area contributed by atoms with Gasteiger partial charge in [-0.2, -0.15) is 0 Å². The minimum atomic E-state index is -0.221. The van der Waals surface area contributed by atoms with Crippen LogP contribution in [-0.2, 0) is 0 Å². The molecule has 3 rings (SSSR count). The summed E-state index contributed by atoms with van der Waals surface area (Å²) in [4.78, 5) is 12.9. The van der Waals surface area contributed by atoms with Gasteiger partial charge in [0, 0.05) is 22.8 Å². The summed E-state index contributed by atoms with van der Waals surface area (Å²) in [6.45, 7) is 3.93. The highest BCUT2D eigenvalue weighted by molar-refractivity contribution is 14.1. The van der Waals surface area contributed by atoms with E-state index < -0.39 is 0 Å². The lowest BCUT2D eigenvalue weighted by atomic mass is 9.87. The maximum atomic E-state index is 12.9. The first-order valence-electron chi connectivity index (χ1n) is 7.59. The van der Waals surface area contributed by atoms with Gasteiger partial charge >= 0.3 is 0 Å². The maximum Gasteiger partial charge on any atom is 0.166 e. The lowest BCUT2D eigenvalue weighted by Crippen LogP contribution is -2.18. The van der Waals surface area contributed by atoms with Crippen molar-refractivity contribution in [1.29, 1.82) is 0 Å². The number of carbonyl (C=O) groups is 1. The molecule has 0 unspecified atom stereocenters. The second-order valence-corrected chi connectivity index (χ2v) is 8.24. The maximum absolute atomic E-state index is 12.9. The number of ketones is 1. The molecule has 2 aromatic carbocycles. The summed E-state index contributed by atoms with van der Waals surface area (Å²) >= 11 is 4.09. The fourth-order valence-corrected chi connectivity index (χ4v) is 4.44. The first kappa shape index (κ1) is 17.7. The third kappa shape index (κ3) is 3.33. The van der Waals surface area contributed by atoms with Gasteiger partial charge in [0.05, 0.1) is 7.14 Å². The van der Waals surface area contributed by atoms with Crippen molar-refractivity contribution >= 4 is 61.9 Å². The largest absolute Gasteiger partial charge is 0.506 e. The number of carbonyl (C=O) groups excluding carboxylic acids is 1. The molecule has 3 nitrogen and oxygen atoms in total. The van der Waals surface area contributed by atoms with Gasteiger partial charge in [-0.25, -0.2) is 0 Å². The Morgan fingerprint density at radius 1 is 1.08 bits per heavy atom. The number of aromatic hydroxyl groups is 1. The average Bonchev–Trinajstić information content (AvgIpc) is 3.01. The van der Waals surface area contributed by atoms with E-state index in [0.717, 1.165) is 16.7 Å². The van der Waals surface area contributed by atoms with Crippen molar-refractivity contribution in [1.82, 2.24) is 0 Å². The Morgan fingerprint density at radius 2 is 1.71 bits per heavy atom. The Hall–Kier alpha value is -1.09. The van der Waals surface area contributed by atoms with Crippen LogP contribution < -0.4 is 0 Å². The fourth-order valence-electron chi connectivity index (χ4n) is 2.67. The number of hydrogen-bond acceptors (Lipinski definition) is 3. The number of para-hydroxylation sites is 1. The molecular weight excluding hydrogens is 530 g/mol. The first-order valence-corrected chi connectivity index (χ1v) is 9.75. The van der Waals surface area contributed by atoms with Crippen LogP contribution in [0.2, 0.25) is 0 Å². The normalized spacial score (nSPS) is 13.8. The number of hydrogen-bond donors (Lipinski definition) is 1. The van der Waals surface area contributed by atoms with E-state index in [4.69, 9.17) is 4.42 Å². The van der Waals surface area contributed by atoms with Crippen LogP contribution >= 0.6 is 45.2 Å². The van der Waals surface area contributed by atoms with Crippen LogP contribution in [0.3, 0.4) is 0 Å². The molecular formula is C19H16I2O3. The molecule has 2 atom stereocenters. The summed E-state index contributed by atoms with van der Waals surface area (Å²) in [5.74, 6) is 0.848. The smallest absolute Gasteiger partial charge is 0.166 e. The molecule has 1 aromatic heterocycles. The summed E-state index contributed by atoms with van der Waals surface area (Å²) in [6, 6.07) is 13.3. The van der Waals surface area contributed by atoms with Gasteiger partial charge in [-0.15, -0.1) is 0 Å². The van der Waals surface area contributed by atoms with Crippen molar-refractivity contribution in [3.05, 3.63) is 60.9 Å². The Labute approximate surface area is 167 Å². The van der Waals surface area contributed by atoms with E-state index in [0.29, 0.717) is 12.7 Å². The molecule has 3 aromatic rings. The number of benzene rings is 2. The Balaban J connectivity index is 1.89. The van der Waals surface area contributed by atoms with Crippen molar-refractivity contribution in [3.63, 3.8) is 0 Å². The predicted octanol–water partition coefficient (Wildman–Crippen LogP) is 5.97. The molecule has 0 aliphatic heterocycles. The summed E-state index contributed by atoms with van der Waals surface area (Å²) in [6.07, 6.45) is 0. The van der Waals surface area contributed by atoms with Gasteiger partial charge in [-0.05, 0) is 69.4 Å². The van der Waals surface area contributed by atoms with E-state index in [2.05, 4.69) is 0 Å². The monoisotopic (exact) mass is 546 g/mol. The van der Waals surface area contributed by atoms with Crippen LogP contribution in [0.1, 0.15) is 35.9 Å². The molecule has 1 heterocycles. The highest BCUT2D eigenvalue weighted by Crippen LogP contribution is 2.33. The number of fused-ring (bicyclic) bond motifs is 1. The van der Waals surface area contributed by atoms with Gasteiger partial charge < -0.3 is 9.52 Å². The summed E-state index contributed by atoms with van der Waals surface area (Å²) in [5, 5.41) is 10.9. The van der Waals surface area contributed by atoms with Crippen molar-refractivity contribution in [3.8, 4) is 5.75 Å². The van der Waals surface area contributed by atoms with Gasteiger partial charge in [0.2, 0.25) is 0 Å². The van der Waals surface area contributed by atoms with E-state index in [1.54, 1.807) is 12.1 Å². The predicted molar refractivity (Wildman–Crippen MR) is 112 cm³/mol. The van der Waals surface area contributed by atoms with Crippen molar-refractivity contribution in [2.75, 3.05) is 0 Å². The molecule has 1 N–H and O–H groups in total. The fraction of sp³-hybridized carbons (Fsp3) is 0.211.